The Labute approximate surface area is 160 Å². The van der Waals surface area contributed by atoms with Crippen molar-refractivity contribution in [2.24, 2.45) is 4.99 Å². The van der Waals surface area contributed by atoms with Gasteiger partial charge in [-0.1, -0.05) is 18.2 Å². The number of thioether (sulfide) groups is 1. The molecule has 0 radical (unpaired) electrons. The van der Waals surface area contributed by atoms with Crippen molar-refractivity contribution in [2.45, 2.75) is 31.3 Å². The maximum Gasteiger partial charge on any atom is 0.307 e. The molecule has 130 valence electrons. The molecule has 0 fully saturated rings. The zero-order chi connectivity index (χ0) is 16.2. The molecule has 1 rings (SSSR count). The molecule has 0 aliphatic carbocycles. The minimum Gasteiger partial charge on any atom is -0.463 e. The molecule has 7 heteroatoms. The van der Waals surface area contributed by atoms with Gasteiger partial charge in [0, 0.05) is 30.8 Å². The molecule has 0 spiro atoms. The second-order valence-corrected chi connectivity index (χ2v) is 6.04. The predicted molar refractivity (Wildman–Crippen MR) is 108 cm³/mol. The van der Waals surface area contributed by atoms with Crippen LogP contribution in [0.4, 0.5) is 0 Å². The molecule has 0 saturated carbocycles. The van der Waals surface area contributed by atoms with E-state index in [-0.39, 0.29) is 36.0 Å². The van der Waals surface area contributed by atoms with E-state index in [1.54, 1.807) is 18.8 Å². The molecular formula is C16H26IN3O2S. The van der Waals surface area contributed by atoms with Gasteiger partial charge >= 0.3 is 5.97 Å². The number of ether oxygens (including phenoxy) is 1. The fourth-order valence-corrected chi connectivity index (χ4v) is 2.47. The van der Waals surface area contributed by atoms with Crippen molar-refractivity contribution in [2.75, 3.05) is 25.9 Å². The van der Waals surface area contributed by atoms with Gasteiger partial charge in [0.1, 0.15) is 0 Å². The minimum atomic E-state index is -0.197. The third kappa shape index (κ3) is 11.2. The number of hydrogen-bond acceptors (Lipinski definition) is 4. The van der Waals surface area contributed by atoms with Crippen molar-refractivity contribution in [3.05, 3.63) is 30.3 Å². The van der Waals surface area contributed by atoms with Gasteiger partial charge in [-0.2, -0.15) is 0 Å². The molecule has 0 atom stereocenters. The Bertz CT molecular complexity index is 470. The molecule has 1 aromatic carbocycles. The summed E-state index contributed by atoms with van der Waals surface area (Å²) in [6.07, 6.45) is 0.262. The van der Waals surface area contributed by atoms with E-state index in [9.17, 15) is 4.79 Å². The fraction of sp³-hybridized carbons (Fsp3) is 0.500. The first-order chi connectivity index (χ1) is 10.6. The number of nitrogens with zero attached hydrogens (tertiary/aromatic N) is 1. The van der Waals surface area contributed by atoms with Crippen molar-refractivity contribution < 1.29 is 9.53 Å². The van der Waals surface area contributed by atoms with Crippen LogP contribution < -0.4 is 10.6 Å². The van der Waals surface area contributed by atoms with Gasteiger partial charge < -0.3 is 15.4 Å². The summed E-state index contributed by atoms with van der Waals surface area (Å²) in [6, 6.07) is 10.3. The number of rotatable bonds is 8. The number of guanidine groups is 1. The SMILES string of the molecule is CN=C(NCCSc1ccccc1)NCCC(=O)OC(C)C.I. The molecule has 5 nitrogen and oxygen atoms in total. The van der Waals surface area contributed by atoms with E-state index in [4.69, 9.17) is 4.74 Å². The van der Waals surface area contributed by atoms with Crippen molar-refractivity contribution >= 4 is 47.7 Å². The van der Waals surface area contributed by atoms with Crippen LogP contribution in [0.1, 0.15) is 20.3 Å². The average molecular weight is 451 g/mol. The average Bonchev–Trinajstić information content (AvgIpc) is 2.50. The van der Waals surface area contributed by atoms with Crippen LogP contribution in [-0.2, 0) is 9.53 Å². The van der Waals surface area contributed by atoms with Crippen LogP contribution in [-0.4, -0.2) is 43.9 Å². The summed E-state index contributed by atoms with van der Waals surface area (Å²) >= 11 is 1.79. The first kappa shape index (κ1) is 22.0. The molecule has 0 aliphatic heterocycles. The van der Waals surface area contributed by atoms with Gasteiger partial charge in [-0.25, -0.2) is 0 Å². The quantitative estimate of drug-likeness (QED) is 0.159. The summed E-state index contributed by atoms with van der Waals surface area (Å²) in [5.74, 6) is 1.45. The van der Waals surface area contributed by atoms with Crippen LogP contribution in [0.5, 0.6) is 0 Å². The number of benzene rings is 1. The highest BCUT2D eigenvalue weighted by molar-refractivity contribution is 14.0. The van der Waals surface area contributed by atoms with Gasteiger partial charge in [0.15, 0.2) is 5.96 Å². The third-order valence-corrected chi connectivity index (χ3v) is 3.63. The lowest BCUT2D eigenvalue weighted by molar-refractivity contribution is -0.147. The Morgan fingerprint density at radius 2 is 1.87 bits per heavy atom. The Hall–Kier alpha value is -0.960. The smallest absolute Gasteiger partial charge is 0.307 e. The van der Waals surface area contributed by atoms with E-state index in [2.05, 4.69) is 27.8 Å². The molecule has 1 aromatic rings. The number of halogens is 1. The number of aliphatic imine (C=N–C) groups is 1. The van der Waals surface area contributed by atoms with E-state index >= 15 is 0 Å². The number of esters is 1. The molecule has 0 aromatic heterocycles. The van der Waals surface area contributed by atoms with E-state index in [0.717, 1.165) is 12.3 Å². The highest BCUT2D eigenvalue weighted by Gasteiger charge is 2.05. The van der Waals surface area contributed by atoms with Gasteiger partial charge in [-0.05, 0) is 26.0 Å². The molecule has 0 saturated heterocycles. The molecule has 0 aliphatic rings. The number of carbonyl (C=O) groups excluding carboxylic acids is 1. The van der Waals surface area contributed by atoms with Crippen LogP contribution in [0.3, 0.4) is 0 Å². The molecule has 0 unspecified atom stereocenters. The van der Waals surface area contributed by atoms with E-state index in [1.165, 1.54) is 4.90 Å². The van der Waals surface area contributed by atoms with Crippen LogP contribution in [0, 0.1) is 0 Å². The Morgan fingerprint density at radius 1 is 1.22 bits per heavy atom. The molecule has 0 amide bonds. The summed E-state index contributed by atoms with van der Waals surface area (Å²) < 4.78 is 5.07. The molecule has 0 heterocycles. The minimum absolute atomic E-state index is 0. The summed E-state index contributed by atoms with van der Waals surface area (Å²) in [4.78, 5) is 16.8. The van der Waals surface area contributed by atoms with E-state index < -0.39 is 0 Å². The zero-order valence-electron chi connectivity index (χ0n) is 13.9. The maximum absolute atomic E-state index is 11.4. The van der Waals surface area contributed by atoms with Crippen LogP contribution >= 0.6 is 35.7 Å². The van der Waals surface area contributed by atoms with Crippen molar-refractivity contribution in [3.8, 4) is 0 Å². The lowest BCUT2D eigenvalue weighted by atomic mass is 10.4. The van der Waals surface area contributed by atoms with Crippen molar-refractivity contribution in [1.29, 1.82) is 0 Å². The summed E-state index contributed by atoms with van der Waals surface area (Å²) in [5.41, 5.74) is 0. The first-order valence-corrected chi connectivity index (χ1v) is 8.42. The highest BCUT2D eigenvalue weighted by Crippen LogP contribution is 2.15. The standard InChI is InChI=1S/C16H25N3O2S.HI/c1-13(2)21-15(20)9-10-18-16(17-3)19-11-12-22-14-7-5-4-6-8-14;/h4-8,13H,9-12H2,1-3H3,(H2,17,18,19);1H. The van der Waals surface area contributed by atoms with Crippen molar-refractivity contribution in [1.82, 2.24) is 10.6 Å². The van der Waals surface area contributed by atoms with Crippen molar-refractivity contribution in [3.63, 3.8) is 0 Å². The molecule has 23 heavy (non-hydrogen) atoms. The van der Waals surface area contributed by atoms with Gasteiger partial charge in [-0.3, -0.25) is 9.79 Å². The topological polar surface area (TPSA) is 62.7 Å². The monoisotopic (exact) mass is 451 g/mol. The Kier molecular flexibility index (Phi) is 12.9. The summed E-state index contributed by atoms with van der Waals surface area (Å²) in [7, 11) is 1.71. The van der Waals surface area contributed by atoms with Crippen LogP contribution in [0.15, 0.2) is 40.2 Å². The maximum atomic E-state index is 11.4. The summed E-state index contributed by atoms with van der Waals surface area (Å²) in [5, 5.41) is 6.32. The van der Waals surface area contributed by atoms with Crippen LogP contribution in [0.2, 0.25) is 0 Å². The van der Waals surface area contributed by atoms with Gasteiger partial charge in [0.2, 0.25) is 0 Å². The number of hydrogen-bond donors (Lipinski definition) is 2. The van der Waals surface area contributed by atoms with Gasteiger partial charge in [0.25, 0.3) is 0 Å². The van der Waals surface area contributed by atoms with Gasteiger partial charge in [0.05, 0.1) is 12.5 Å². The summed E-state index contributed by atoms with van der Waals surface area (Å²) in [6.45, 7) is 5.00. The predicted octanol–water partition coefficient (Wildman–Crippen LogP) is 2.90. The second-order valence-electron chi connectivity index (χ2n) is 4.88. The second kappa shape index (κ2) is 13.5. The zero-order valence-corrected chi connectivity index (χ0v) is 17.0. The lowest BCUT2D eigenvalue weighted by Gasteiger charge is -2.12. The Morgan fingerprint density at radius 3 is 2.48 bits per heavy atom. The molecule has 2 N–H and O–H groups in total. The molecular weight excluding hydrogens is 425 g/mol. The first-order valence-electron chi connectivity index (χ1n) is 7.43. The van der Waals surface area contributed by atoms with Crippen LogP contribution in [0.25, 0.3) is 0 Å². The number of nitrogens with one attached hydrogen (secondary N) is 2. The third-order valence-electron chi connectivity index (χ3n) is 2.62. The van der Waals surface area contributed by atoms with E-state index in [1.807, 2.05) is 32.0 Å². The van der Waals surface area contributed by atoms with Gasteiger partial charge in [-0.15, -0.1) is 35.7 Å². The number of carbonyl (C=O) groups is 1. The van der Waals surface area contributed by atoms with E-state index in [0.29, 0.717) is 18.9 Å². The molecule has 0 bridgehead atoms. The lowest BCUT2D eigenvalue weighted by Crippen LogP contribution is -2.39. The fourth-order valence-electron chi connectivity index (χ4n) is 1.68. The largest absolute Gasteiger partial charge is 0.463 e. The highest BCUT2D eigenvalue weighted by atomic mass is 127. The Balaban J connectivity index is 0.00000484. The normalized spacial score (nSPS) is 10.9.